The molecule has 1 aliphatic rings. The lowest BCUT2D eigenvalue weighted by atomic mass is 9.98. The van der Waals surface area contributed by atoms with E-state index in [0.29, 0.717) is 16.5 Å². The number of ether oxygens (including phenoxy) is 1. The molecule has 0 fully saturated rings. The van der Waals surface area contributed by atoms with Crippen LogP contribution in [-0.4, -0.2) is 33.2 Å². The van der Waals surface area contributed by atoms with Crippen molar-refractivity contribution in [1.82, 2.24) is 0 Å². The molecule has 0 saturated carbocycles. The summed E-state index contributed by atoms with van der Waals surface area (Å²) >= 11 is 6.06. The third-order valence-corrected chi connectivity index (χ3v) is 6.34. The molecule has 0 aliphatic carbocycles. The molecule has 1 heterocycles. The van der Waals surface area contributed by atoms with Crippen LogP contribution in [0.15, 0.2) is 36.4 Å². The van der Waals surface area contributed by atoms with E-state index in [0.717, 1.165) is 23.1 Å². The van der Waals surface area contributed by atoms with Crippen LogP contribution < -0.4 is 14.4 Å². The monoisotopic (exact) mass is 436 g/mol. The van der Waals surface area contributed by atoms with Crippen LogP contribution in [0.5, 0.6) is 5.75 Å². The number of carbonyl (C=O) groups is 1. The van der Waals surface area contributed by atoms with Crippen molar-refractivity contribution in [2.24, 2.45) is 0 Å². The maximum absolute atomic E-state index is 13.1. The highest BCUT2D eigenvalue weighted by Crippen LogP contribution is 2.37. The Morgan fingerprint density at radius 3 is 2.66 bits per heavy atom. The van der Waals surface area contributed by atoms with Gasteiger partial charge in [0.2, 0.25) is 10.0 Å². The normalized spacial score (nSPS) is 16.8. The minimum atomic E-state index is -3.55. The molecule has 8 heteroatoms. The molecule has 1 N–H and O–H groups in total. The summed E-state index contributed by atoms with van der Waals surface area (Å²) in [6.07, 6.45) is 0.510. The van der Waals surface area contributed by atoms with Gasteiger partial charge in [-0.25, -0.2) is 8.42 Å². The maximum atomic E-state index is 13.1. The Kier molecular flexibility index (Phi) is 6.10. The smallest absolute Gasteiger partial charge is 0.265 e. The molecule has 156 valence electrons. The van der Waals surface area contributed by atoms with Crippen molar-refractivity contribution < 1.29 is 17.9 Å². The number of rotatable bonds is 4. The molecule has 1 atom stereocenters. The van der Waals surface area contributed by atoms with Crippen LogP contribution in [0.2, 0.25) is 5.02 Å². The SMILES string of the molecule is Cc1cccc(C(C)C)c1NC(=O)[C@@H]1CCN(S(C)(=O)=O)c2cc(Cl)ccc2O1. The van der Waals surface area contributed by atoms with Gasteiger partial charge in [-0.2, -0.15) is 0 Å². The molecular formula is C21H25ClN2O4S. The summed E-state index contributed by atoms with van der Waals surface area (Å²) in [5.41, 5.74) is 3.12. The molecule has 0 bridgehead atoms. The largest absolute Gasteiger partial charge is 0.478 e. The molecule has 1 amide bonds. The number of hydrogen-bond acceptors (Lipinski definition) is 4. The minimum absolute atomic E-state index is 0.120. The minimum Gasteiger partial charge on any atom is -0.478 e. The standard InChI is InChI=1S/C21H25ClN2O4S/c1-13(2)16-7-5-6-14(3)20(16)23-21(25)19-10-11-24(29(4,26)27)17-12-15(22)8-9-18(17)28-19/h5-9,12-13,19H,10-11H2,1-4H3,(H,23,25)/t19-/m0/s1. The van der Waals surface area contributed by atoms with E-state index in [1.807, 2.05) is 25.1 Å². The number of nitrogens with zero attached hydrogens (tertiary/aromatic N) is 1. The van der Waals surface area contributed by atoms with Crippen molar-refractivity contribution in [3.05, 3.63) is 52.5 Å². The van der Waals surface area contributed by atoms with Gasteiger partial charge in [-0.3, -0.25) is 9.10 Å². The second kappa shape index (κ2) is 8.24. The van der Waals surface area contributed by atoms with E-state index in [2.05, 4.69) is 19.2 Å². The van der Waals surface area contributed by atoms with Gasteiger partial charge < -0.3 is 10.1 Å². The third kappa shape index (κ3) is 4.67. The molecule has 0 radical (unpaired) electrons. The first-order valence-corrected chi connectivity index (χ1v) is 11.6. The Balaban J connectivity index is 1.92. The third-order valence-electron chi connectivity index (χ3n) is 4.92. The Labute approximate surface area is 176 Å². The Hall–Kier alpha value is -2.25. The lowest BCUT2D eigenvalue weighted by Gasteiger charge is -2.21. The van der Waals surface area contributed by atoms with Crippen LogP contribution in [0, 0.1) is 6.92 Å². The van der Waals surface area contributed by atoms with Crippen molar-refractivity contribution in [2.45, 2.75) is 39.2 Å². The van der Waals surface area contributed by atoms with Gasteiger partial charge in [-0.15, -0.1) is 0 Å². The zero-order chi connectivity index (χ0) is 21.3. The first-order valence-electron chi connectivity index (χ1n) is 9.42. The van der Waals surface area contributed by atoms with Crippen LogP contribution in [0.25, 0.3) is 0 Å². The van der Waals surface area contributed by atoms with Crippen molar-refractivity contribution in [2.75, 3.05) is 22.4 Å². The predicted octanol–water partition coefficient (Wildman–Crippen LogP) is 4.33. The first-order chi connectivity index (χ1) is 13.6. The van der Waals surface area contributed by atoms with E-state index in [-0.39, 0.29) is 24.8 Å². The number of halogens is 1. The molecular weight excluding hydrogens is 412 g/mol. The Morgan fingerprint density at radius 1 is 1.28 bits per heavy atom. The molecule has 1 aliphatic heterocycles. The fourth-order valence-corrected chi connectivity index (χ4v) is 4.53. The van der Waals surface area contributed by atoms with Gasteiger partial charge >= 0.3 is 0 Å². The quantitative estimate of drug-likeness (QED) is 0.774. The van der Waals surface area contributed by atoms with Gasteiger partial charge in [0, 0.05) is 23.7 Å². The average Bonchev–Trinajstić information content (AvgIpc) is 2.82. The second-order valence-corrected chi connectivity index (χ2v) is 9.87. The Bertz CT molecular complexity index is 1040. The summed E-state index contributed by atoms with van der Waals surface area (Å²) < 4.78 is 31.7. The van der Waals surface area contributed by atoms with Gasteiger partial charge in [-0.05, 0) is 42.2 Å². The van der Waals surface area contributed by atoms with Crippen molar-refractivity contribution in [1.29, 1.82) is 0 Å². The molecule has 0 saturated heterocycles. The highest BCUT2D eigenvalue weighted by molar-refractivity contribution is 7.92. The van der Waals surface area contributed by atoms with E-state index in [1.165, 1.54) is 10.4 Å². The molecule has 2 aromatic carbocycles. The number of fused-ring (bicyclic) bond motifs is 1. The van der Waals surface area contributed by atoms with Crippen molar-refractivity contribution in [3.63, 3.8) is 0 Å². The van der Waals surface area contributed by atoms with Crippen LogP contribution >= 0.6 is 11.6 Å². The van der Waals surface area contributed by atoms with E-state index >= 15 is 0 Å². The number of amides is 1. The lowest BCUT2D eigenvalue weighted by molar-refractivity contribution is -0.122. The summed E-state index contributed by atoms with van der Waals surface area (Å²) in [7, 11) is -3.55. The van der Waals surface area contributed by atoms with Gasteiger partial charge in [0.15, 0.2) is 6.10 Å². The van der Waals surface area contributed by atoms with Gasteiger partial charge in [0.05, 0.1) is 11.9 Å². The fraction of sp³-hybridized carbons (Fsp3) is 0.381. The number of carbonyl (C=O) groups excluding carboxylic acids is 1. The molecule has 3 rings (SSSR count). The number of sulfonamides is 1. The van der Waals surface area contributed by atoms with E-state index in [9.17, 15) is 13.2 Å². The van der Waals surface area contributed by atoms with Crippen LogP contribution in [0.3, 0.4) is 0 Å². The summed E-state index contributed by atoms with van der Waals surface area (Å²) in [5, 5.41) is 3.39. The molecule has 0 unspecified atom stereocenters. The number of hydrogen-bond donors (Lipinski definition) is 1. The molecule has 0 aromatic heterocycles. The first kappa shape index (κ1) is 21.5. The van der Waals surface area contributed by atoms with E-state index < -0.39 is 16.1 Å². The van der Waals surface area contributed by atoms with Gasteiger partial charge in [-0.1, -0.05) is 43.6 Å². The van der Waals surface area contributed by atoms with Crippen molar-refractivity contribution >= 4 is 38.9 Å². The fourth-order valence-electron chi connectivity index (χ4n) is 3.43. The number of benzene rings is 2. The highest BCUT2D eigenvalue weighted by atomic mass is 35.5. The molecule has 0 spiro atoms. The number of nitrogens with one attached hydrogen (secondary N) is 1. The summed E-state index contributed by atoms with van der Waals surface area (Å²) in [4.78, 5) is 13.1. The zero-order valence-electron chi connectivity index (χ0n) is 16.9. The maximum Gasteiger partial charge on any atom is 0.265 e. The molecule has 29 heavy (non-hydrogen) atoms. The van der Waals surface area contributed by atoms with Gasteiger partial charge in [0.25, 0.3) is 5.91 Å². The van der Waals surface area contributed by atoms with Crippen LogP contribution in [-0.2, 0) is 14.8 Å². The van der Waals surface area contributed by atoms with E-state index in [4.69, 9.17) is 16.3 Å². The van der Waals surface area contributed by atoms with Gasteiger partial charge in [0.1, 0.15) is 5.75 Å². The predicted molar refractivity (Wildman–Crippen MR) is 117 cm³/mol. The topological polar surface area (TPSA) is 75.7 Å². The Morgan fingerprint density at radius 2 is 2.00 bits per heavy atom. The summed E-state index contributed by atoms with van der Waals surface area (Å²) in [6, 6.07) is 10.6. The van der Waals surface area contributed by atoms with Crippen molar-refractivity contribution in [3.8, 4) is 5.75 Å². The lowest BCUT2D eigenvalue weighted by Crippen LogP contribution is -2.36. The molecule has 2 aromatic rings. The second-order valence-electron chi connectivity index (χ2n) is 7.53. The van der Waals surface area contributed by atoms with Crippen LogP contribution in [0.4, 0.5) is 11.4 Å². The number of para-hydroxylation sites is 1. The molecule has 6 nitrogen and oxygen atoms in total. The number of anilines is 2. The average molecular weight is 437 g/mol. The highest BCUT2D eigenvalue weighted by Gasteiger charge is 2.32. The van der Waals surface area contributed by atoms with Crippen LogP contribution in [0.1, 0.15) is 37.3 Å². The number of aryl methyl sites for hydroxylation is 1. The van der Waals surface area contributed by atoms with E-state index in [1.54, 1.807) is 12.1 Å². The summed E-state index contributed by atoms with van der Waals surface area (Å²) in [5.74, 6) is 0.243. The zero-order valence-corrected chi connectivity index (χ0v) is 18.5. The summed E-state index contributed by atoms with van der Waals surface area (Å²) in [6.45, 7) is 6.19.